The van der Waals surface area contributed by atoms with Gasteiger partial charge in [0.2, 0.25) is 5.95 Å². The van der Waals surface area contributed by atoms with Gasteiger partial charge in [-0.1, -0.05) is 13.0 Å². The molecule has 0 aliphatic rings. The number of pyridine rings is 1. The third-order valence-corrected chi connectivity index (χ3v) is 4.50. The molecule has 1 aromatic carbocycles. The number of hydrogen-bond acceptors (Lipinski definition) is 5. The van der Waals surface area contributed by atoms with Gasteiger partial charge in [0, 0.05) is 35.8 Å². The molecular formula is C21H22F3N5. The van der Waals surface area contributed by atoms with Crippen molar-refractivity contribution in [3.05, 3.63) is 59.9 Å². The minimum atomic E-state index is -4.42. The fourth-order valence-corrected chi connectivity index (χ4v) is 2.63. The highest BCUT2D eigenvalue weighted by Crippen LogP contribution is 2.33. The van der Waals surface area contributed by atoms with Crippen LogP contribution in [0.1, 0.15) is 31.4 Å². The first-order chi connectivity index (χ1) is 13.8. The van der Waals surface area contributed by atoms with Crippen LogP contribution in [0, 0.1) is 6.92 Å². The summed E-state index contributed by atoms with van der Waals surface area (Å²) in [5.74, 6) is 0.792. The highest BCUT2D eigenvalue weighted by atomic mass is 19.4. The van der Waals surface area contributed by atoms with E-state index in [2.05, 4.69) is 25.6 Å². The molecule has 152 valence electrons. The van der Waals surface area contributed by atoms with E-state index in [4.69, 9.17) is 0 Å². The number of rotatable bonds is 6. The van der Waals surface area contributed by atoms with Gasteiger partial charge < -0.3 is 10.6 Å². The Kier molecular flexibility index (Phi) is 6.00. The molecule has 0 unspecified atom stereocenters. The number of anilines is 3. The molecule has 3 aromatic rings. The monoisotopic (exact) mass is 401 g/mol. The van der Waals surface area contributed by atoms with Gasteiger partial charge in [0.05, 0.1) is 11.3 Å². The summed E-state index contributed by atoms with van der Waals surface area (Å²) in [5.41, 5.74) is 1.70. The zero-order chi connectivity index (χ0) is 21.0. The predicted octanol–water partition coefficient (Wildman–Crippen LogP) is 5.82. The van der Waals surface area contributed by atoms with Gasteiger partial charge in [0.1, 0.15) is 5.82 Å². The van der Waals surface area contributed by atoms with Gasteiger partial charge in [-0.05, 0) is 50.1 Å². The van der Waals surface area contributed by atoms with Crippen molar-refractivity contribution >= 4 is 17.5 Å². The van der Waals surface area contributed by atoms with Crippen molar-refractivity contribution in [2.75, 3.05) is 10.6 Å². The number of hydrogen-bond donors (Lipinski definition) is 2. The van der Waals surface area contributed by atoms with Crippen molar-refractivity contribution in [2.24, 2.45) is 0 Å². The summed E-state index contributed by atoms with van der Waals surface area (Å²) in [4.78, 5) is 13.1. The van der Waals surface area contributed by atoms with E-state index in [-0.39, 0.29) is 6.04 Å². The molecule has 8 heteroatoms. The number of nitrogens with one attached hydrogen (secondary N) is 2. The molecule has 0 fully saturated rings. The summed E-state index contributed by atoms with van der Waals surface area (Å²) in [6, 6.07) is 9.08. The predicted molar refractivity (Wildman–Crippen MR) is 108 cm³/mol. The average molecular weight is 401 g/mol. The van der Waals surface area contributed by atoms with Crippen LogP contribution >= 0.6 is 0 Å². The van der Waals surface area contributed by atoms with Crippen LogP contribution in [0.25, 0.3) is 11.3 Å². The minimum Gasteiger partial charge on any atom is -0.352 e. The van der Waals surface area contributed by atoms with Crippen molar-refractivity contribution in [3.63, 3.8) is 0 Å². The van der Waals surface area contributed by atoms with Crippen LogP contribution in [-0.4, -0.2) is 21.0 Å². The summed E-state index contributed by atoms with van der Waals surface area (Å²) in [6.45, 7) is 5.78. The van der Waals surface area contributed by atoms with Gasteiger partial charge in [0.15, 0.2) is 0 Å². The minimum absolute atomic E-state index is 0.141. The fourth-order valence-electron chi connectivity index (χ4n) is 2.63. The van der Waals surface area contributed by atoms with E-state index < -0.39 is 11.7 Å². The second kappa shape index (κ2) is 8.46. The van der Waals surface area contributed by atoms with E-state index >= 15 is 0 Å². The van der Waals surface area contributed by atoms with Crippen LogP contribution < -0.4 is 10.6 Å². The van der Waals surface area contributed by atoms with E-state index in [1.165, 1.54) is 6.07 Å². The van der Waals surface area contributed by atoms with Crippen molar-refractivity contribution in [1.29, 1.82) is 0 Å². The standard InChI is InChI=1S/C21H22F3N5/c1-4-14(3)26-20-28-18(15-6-5-9-25-12-15)11-19(29-20)27-17-10-16(21(22,23)24)8-7-13(17)2/h5-12,14H,4H2,1-3H3,(H2,26,27,28,29)/t14-/m1/s1. The lowest BCUT2D eigenvalue weighted by Crippen LogP contribution is -2.16. The first-order valence-corrected chi connectivity index (χ1v) is 9.27. The summed E-state index contributed by atoms with van der Waals surface area (Å²) >= 11 is 0. The van der Waals surface area contributed by atoms with Crippen LogP contribution in [0.4, 0.5) is 30.6 Å². The van der Waals surface area contributed by atoms with Crippen molar-refractivity contribution < 1.29 is 13.2 Å². The zero-order valence-electron chi connectivity index (χ0n) is 16.4. The molecule has 1 atom stereocenters. The van der Waals surface area contributed by atoms with Crippen LogP contribution in [0.3, 0.4) is 0 Å². The van der Waals surface area contributed by atoms with E-state index in [1.54, 1.807) is 31.5 Å². The maximum absolute atomic E-state index is 13.1. The van der Waals surface area contributed by atoms with Crippen molar-refractivity contribution in [2.45, 2.75) is 39.4 Å². The van der Waals surface area contributed by atoms with E-state index in [0.717, 1.165) is 24.1 Å². The van der Waals surface area contributed by atoms with Gasteiger partial charge in [-0.25, -0.2) is 4.98 Å². The Balaban J connectivity index is 2.01. The molecule has 0 saturated carbocycles. The smallest absolute Gasteiger partial charge is 0.352 e. The molecular weight excluding hydrogens is 379 g/mol. The van der Waals surface area contributed by atoms with Crippen molar-refractivity contribution in [1.82, 2.24) is 15.0 Å². The summed E-state index contributed by atoms with van der Waals surface area (Å²) in [7, 11) is 0. The van der Waals surface area contributed by atoms with Gasteiger partial charge in [-0.15, -0.1) is 0 Å². The van der Waals surface area contributed by atoms with Crippen LogP contribution in [0.2, 0.25) is 0 Å². The van der Waals surface area contributed by atoms with Gasteiger partial charge in [-0.3, -0.25) is 4.98 Å². The molecule has 2 N–H and O–H groups in total. The van der Waals surface area contributed by atoms with Gasteiger partial charge in [0.25, 0.3) is 0 Å². The Morgan fingerprint density at radius 1 is 1.10 bits per heavy atom. The highest BCUT2D eigenvalue weighted by Gasteiger charge is 2.30. The quantitative estimate of drug-likeness (QED) is 0.545. The first kappa shape index (κ1) is 20.6. The zero-order valence-corrected chi connectivity index (χ0v) is 16.4. The normalized spacial score (nSPS) is 12.5. The second-order valence-corrected chi connectivity index (χ2v) is 6.81. The molecule has 5 nitrogen and oxygen atoms in total. The summed E-state index contributed by atoms with van der Waals surface area (Å²) in [5, 5.41) is 6.23. The third kappa shape index (κ3) is 5.22. The van der Waals surface area contributed by atoms with Gasteiger partial charge in [-0.2, -0.15) is 18.2 Å². The van der Waals surface area contributed by atoms with Crippen LogP contribution in [-0.2, 0) is 6.18 Å². The molecule has 0 bridgehead atoms. The molecule has 0 spiro atoms. The maximum Gasteiger partial charge on any atom is 0.416 e. The lowest BCUT2D eigenvalue weighted by molar-refractivity contribution is -0.137. The Hall–Kier alpha value is -3.16. The maximum atomic E-state index is 13.1. The molecule has 0 aliphatic carbocycles. The molecule has 0 aliphatic heterocycles. The van der Waals surface area contributed by atoms with Crippen molar-refractivity contribution in [3.8, 4) is 11.3 Å². The molecule has 0 saturated heterocycles. The molecule has 3 rings (SSSR count). The van der Waals surface area contributed by atoms with E-state index in [0.29, 0.717) is 28.7 Å². The topological polar surface area (TPSA) is 62.7 Å². The lowest BCUT2D eigenvalue weighted by atomic mass is 10.1. The number of halogens is 3. The number of aryl methyl sites for hydroxylation is 1. The fraction of sp³-hybridized carbons (Fsp3) is 0.286. The largest absolute Gasteiger partial charge is 0.416 e. The number of alkyl halides is 3. The third-order valence-electron chi connectivity index (χ3n) is 4.50. The Morgan fingerprint density at radius 2 is 1.90 bits per heavy atom. The van der Waals surface area contributed by atoms with E-state index in [9.17, 15) is 13.2 Å². The summed E-state index contributed by atoms with van der Waals surface area (Å²) in [6.07, 6.45) is -0.210. The SMILES string of the molecule is CC[C@@H](C)Nc1nc(Nc2cc(C(F)(F)F)ccc2C)cc(-c2cccnc2)n1. The van der Waals surface area contributed by atoms with Gasteiger partial charge >= 0.3 is 6.18 Å². The molecule has 2 heterocycles. The molecule has 2 aromatic heterocycles. The average Bonchev–Trinajstić information content (AvgIpc) is 2.69. The highest BCUT2D eigenvalue weighted by molar-refractivity contribution is 5.68. The van der Waals surface area contributed by atoms with E-state index in [1.807, 2.05) is 19.9 Å². The first-order valence-electron chi connectivity index (χ1n) is 9.27. The molecule has 29 heavy (non-hydrogen) atoms. The summed E-state index contributed by atoms with van der Waals surface area (Å²) < 4.78 is 39.3. The molecule has 0 amide bonds. The number of nitrogens with zero attached hydrogens (tertiary/aromatic N) is 3. The Labute approximate surface area is 167 Å². The van der Waals surface area contributed by atoms with Crippen LogP contribution in [0.5, 0.6) is 0 Å². The number of benzene rings is 1. The lowest BCUT2D eigenvalue weighted by Gasteiger charge is -2.16. The Bertz CT molecular complexity index is 974. The number of aromatic nitrogens is 3. The van der Waals surface area contributed by atoms with Crippen LogP contribution in [0.15, 0.2) is 48.8 Å². The second-order valence-electron chi connectivity index (χ2n) is 6.81. The Morgan fingerprint density at radius 3 is 2.55 bits per heavy atom. The molecule has 0 radical (unpaired) electrons.